The minimum Gasteiger partial charge on any atom is -0.311 e. The minimum absolute atomic E-state index is 0.0661. The average molecular weight is 1240 g/mol. The summed E-state index contributed by atoms with van der Waals surface area (Å²) in [4.78, 5) is 14.6. The second kappa shape index (κ2) is 22.1. The van der Waals surface area contributed by atoms with Crippen molar-refractivity contribution in [1.29, 1.82) is 0 Å². The third-order valence-corrected chi connectivity index (χ3v) is 22.2. The van der Waals surface area contributed by atoms with Crippen molar-refractivity contribution in [2.45, 2.75) is 29.4 Å². The number of fused-ring (bicyclic) bond motifs is 11. The van der Waals surface area contributed by atoms with E-state index in [1.165, 1.54) is 62.1 Å². The van der Waals surface area contributed by atoms with E-state index >= 15 is 0 Å². The molecule has 0 bridgehead atoms. The molecule has 0 saturated heterocycles. The van der Waals surface area contributed by atoms with Crippen molar-refractivity contribution in [3.8, 4) is 27.9 Å². The van der Waals surface area contributed by atoms with Gasteiger partial charge in [-0.3, -0.25) is 0 Å². The lowest BCUT2D eigenvalue weighted by atomic mass is 9.32. The molecule has 0 atom stereocenters. The fourth-order valence-electron chi connectivity index (χ4n) is 14.9. The van der Waals surface area contributed by atoms with Crippen molar-refractivity contribution < 1.29 is 6.85 Å². The van der Waals surface area contributed by atoms with Crippen LogP contribution in [0.1, 0.15) is 6.85 Å². The van der Waals surface area contributed by atoms with Crippen LogP contribution in [-0.4, -0.2) is 18.0 Å². The van der Waals surface area contributed by atoms with Crippen molar-refractivity contribution in [3.05, 3.63) is 327 Å². The molecule has 0 aliphatic carbocycles. The lowest BCUT2D eigenvalue weighted by Gasteiger charge is -2.43. The molecular weight excluding hydrogens is 1180 g/mol. The molecule has 0 N–H and O–H groups in total. The van der Waals surface area contributed by atoms with Crippen molar-refractivity contribution >= 4 is 154 Å². The van der Waals surface area contributed by atoms with Crippen LogP contribution in [0.25, 0.3) is 49.7 Å². The van der Waals surface area contributed by atoms with Crippen LogP contribution in [0.15, 0.2) is 357 Å². The Labute approximate surface area is 561 Å². The predicted octanol–water partition coefficient (Wildman–Crippen LogP) is 19.3. The molecule has 15 aromatic rings. The van der Waals surface area contributed by atoms with Gasteiger partial charge in [0, 0.05) is 96.9 Å². The van der Waals surface area contributed by atoms with Gasteiger partial charge in [0.05, 0.1) is 23.6 Å². The summed E-state index contributed by atoms with van der Waals surface area (Å²) in [6, 6.07) is 106. The maximum absolute atomic E-state index is 9.35. The molecule has 434 valence electrons. The van der Waals surface area contributed by atoms with Gasteiger partial charge in [0.2, 0.25) is 13.4 Å². The zero-order valence-electron chi connectivity index (χ0n) is 55.0. The quantitative estimate of drug-likeness (QED) is 0.126. The third-order valence-electron chi connectivity index (χ3n) is 18.8. The van der Waals surface area contributed by atoms with Gasteiger partial charge in [-0.05, 0) is 154 Å². The highest BCUT2D eigenvalue weighted by Crippen LogP contribution is 2.51. The van der Waals surface area contributed by atoms with Crippen molar-refractivity contribution in [2.24, 2.45) is 0 Å². The van der Waals surface area contributed by atoms with Crippen LogP contribution in [0.3, 0.4) is 0 Å². The largest absolute Gasteiger partial charge is 0.311 e. The topological polar surface area (TPSA) is 14.7 Å². The van der Waals surface area contributed by atoms with Crippen molar-refractivity contribution in [2.75, 3.05) is 14.7 Å². The second-order valence-corrected chi connectivity index (χ2v) is 27.2. The lowest BCUT2D eigenvalue weighted by Crippen LogP contribution is -2.63. The van der Waals surface area contributed by atoms with Crippen LogP contribution in [0, 0.1) is 0 Å². The highest BCUT2D eigenvalue weighted by Gasteiger charge is 2.46. The molecular formula is C84H54B2N4S3. The third kappa shape index (κ3) is 8.90. The van der Waals surface area contributed by atoms with E-state index in [2.05, 4.69) is 288 Å². The number of aromatic nitrogens is 1. The van der Waals surface area contributed by atoms with E-state index < -0.39 is 6.04 Å². The van der Waals surface area contributed by atoms with Gasteiger partial charge in [-0.1, -0.05) is 258 Å². The van der Waals surface area contributed by atoms with Crippen molar-refractivity contribution in [1.82, 2.24) is 4.57 Å². The summed E-state index contributed by atoms with van der Waals surface area (Å²) in [7, 11) is 0. The fraction of sp³-hybridized carbons (Fsp3) is 0. The van der Waals surface area contributed by atoms with Crippen molar-refractivity contribution in [3.63, 3.8) is 0 Å². The molecule has 4 nitrogen and oxygen atoms in total. The van der Waals surface area contributed by atoms with Crippen LogP contribution in [-0.2, 0) is 0 Å². The summed E-state index contributed by atoms with van der Waals surface area (Å²) in [5.41, 5.74) is 22.9. The smallest absolute Gasteiger partial charge is 0.249 e. The Kier molecular flexibility index (Phi) is 11.7. The first-order valence-corrected chi connectivity index (χ1v) is 33.8. The number of hydrogen-bond acceptors (Lipinski definition) is 6. The van der Waals surface area contributed by atoms with E-state index in [-0.39, 0.29) is 43.3 Å². The Balaban J connectivity index is 0.868. The molecule has 14 aromatic carbocycles. The molecule has 0 radical (unpaired) electrons. The van der Waals surface area contributed by atoms with Gasteiger partial charge in [-0.2, -0.15) is 0 Å². The Morgan fingerprint density at radius 3 is 1.52 bits per heavy atom. The molecule has 4 aliphatic heterocycles. The summed E-state index contributed by atoms with van der Waals surface area (Å²) in [6.07, 6.45) is 0. The Morgan fingerprint density at radius 1 is 0.301 bits per heavy atom. The normalized spacial score (nSPS) is 13.7. The zero-order chi connectivity index (χ0) is 65.4. The van der Waals surface area contributed by atoms with Gasteiger partial charge in [-0.25, -0.2) is 0 Å². The summed E-state index contributed by atoms with van der Waals surface area (Å²) in [6.45, 7) is -0.211. The van der Waals surface area contributed by atoms with Crippen LogP contribution < -0.4 is 47.5 Å². The van der Waals surface area contributed by atoms with Gasteiger partial charge in [0.1, 0.15) is 0 Å². The summed E-state index contributed by atoms with van der Waals surface area (Å²) >= 11 is 5.59. The molecule has 0 saturated carbocycles. The number of anilines is 9. The first-order chi connectivity index (χ1) is 48.2. The standard InChI is InChI=1S/C84H54B2N4S3/c1-6-25-55(26-7-1)56-27-24-36-62(47-56)88(60-32-12-4-13-33-60)64-51-81-84-82(52-64)93-79-54-75-70(53-71(79)86(84)69-40-19-23-44-78(69)92-81)85-68-39-18-22-43-77(68)91-80-50-63(87(58-28-8-2-9-29-58)59-30-10-3-11-31-59)49-76(83(80)85)90(75)72-41-20-16-37-65(72)57-45-46-67-66-38-17-21-42-73(66)89(74(67)48-57)61-34-14-5-15-35-61/h1-54H/i5D,14D,15D,34D,35D. The number of para-hydroxylation sites is 6. The summed E-state index contributed by atoms with van der Waals surface area (Å²) in [5, 5.41) is 1.82. The molecule has 1 aromatic heterocycles. The second-order valence-electron chi connectivity index (χ2n) is 23.9. The average Bonchev–Trinajstić information content (AvgIpc) is 0.785. The minimum atomic E-state index is -0.427. The van der Waals surface area contributed by atoms with Gasteiger partial charge >= 0.3 is 0 Å². The molecule has 93 heavy (non-hydrogen) atoms. The first kappa shape index (κ1) is 49.2. The van der Waals surface area contributed by atoms with Gasteiger partial charge < -0.3 is 19.3 Å². The lowest BCUT2D eigenvalue weighted by molar-refractivity contribution is 1.18. The zero-order valence-corrected chi connectivity index (χ0v) is 52.4. The Bertz CT molecular complexity index is 5740. The van der Waals surface area contributed by atoms with E-state index in [9.17, 15) is 2.74 Å². The Hall–Kier alpha value is -10.5. The predicted molar refractivity (Wildman–Crippen MR) is 397 cm³/mol. The molecule has 19 rings (SSSR count). The summed E-state index contributed by atoms with van der Waals surface area (Å²) in [5.74, 6) is 0. The van der Waals surface area contributed by atoms with E-state index in [1.807, 2.05) is 64.1 Å². The number of benzene rings is 14. The number of nitrogens with zero attached hydrogens (tertiary/aromatic N) is 4. The van der Waals surface area contributed by atoms with E-state index in [0.29, 0.717) is 0 Å². The van der Waals surface area contributed by atoms with Crippen LogP contribution in [0.4, 0.5) is 51.2 Å². The maximum Gasteiger partial charge on any atom is 0.249 e. The van der Waals surface area contributed by atoms with Gasteiger partial charge in [0.25, 0.3) is 0 Å². The van der Waals surface area contributed by atoms with Crippen LogP contribution in [0.5, 0.6) is 0 Å². The fourth-order valence-corrected chi connectivity index (χ4v) is 18.5. The van der Waals surface area contributed by atoms with Crippen LogP contribution >= 0.6 is 35.3 Å². The molecule has 0 fully saturated rings. The number of hydrogen-bond donors (Lipinski definition) is 0. The maximum atomic E-state index is 9.35. The molecule has 0 unspecified atom stereocenters. The van der Waals surface area contributed by atoms with E-state index in [0.717, 1.165) is 95.2 Å². The first-order valence-electron chi connectivity index (χ1n) is 33.9. The van der Waals surface area contributed by atoms with Gasteiger partial charge in [-0.15, -0.1) is 0 Å². The molecule has 5 heterocycles. The number of rotatable bonds is 10. The monoisotopic (exact) mass is 1240 g/mol. The van der Waals surface area contributed by atoms with Crippen LogP contribution in [0.2, 0.25) is 0 Å². The highest BCUT2D eigenvalue weighted by molar-refractivity contribution is 8.01. The SMILES string of the molecule is [2H]c1c([2H])c([2H])c(-n2c3ccccc3c3ccc(-c4ccccc4N4c5cc6c(cc5B5c7ccccc7Sc7cc(N(c8ccccc8)c8ccccc8)cc4c75)B4c5ccccc5Sc5cc(N(c7ccccc7)c7cccc(-c8ccccc8)c7)cc(c54)S6)cc32)c([2H])c1[2H]. The molecule has 0 amide bonds. The van der Waals surface area contributed by atoms with E-state index in [1.54, 1.807) is 0 Å². The van der Waals surface area contributed by atoms with Gasteiger partial charge in [0.15, 0.2) is 0 Å². The summed E-state index contributed by atoms with van der Waals surface area (Å²) < 4.78 is 46.9. The molecule has 0 spiro atoms. The van der Waals surface area contributed by atoms with E-state index in [4.69, 9.17) is 4.11 Å². The Morgan fingerprint density at radius 2 is 0.828 bits per heavy atom. The highest BCUT2D eigenvalue weighted by atomic mass is 32.2. The molecule has 4 aliphatic rings. The molecule has 9 heteroatoms.